The Morgan fingerprint density at radius 3 is 1.24 bits per heavy atom. The summed E-state index contributed by atoms with van der Waals surface area (Å²) in [5, 5.41) is 30.1. The van der Waals surface area contributed by atoms with E-state index >= 15 is 0 Å². The molecule has 472 valence electrons. The number of aromatic nitrogens is 20. The molecular formula is C46H40Cl3F15LiN20S3Zn-. The largest absolute Gasteiger partial charge is 1.00 e. The number of halogens is 18. The van der Waals surface area contributed by atoms with Gasteiger partial charge >= 0.3 is 55.2 Å². The van der Waals surface area contributed by atoms with Crippen molar-refractivity contribution < 1.29 is 117 Å². The first-order chi connectivity index (χ1) is 39.6. The van der Waals surface area contributed by atoms with Gasteiger partial charge in [0, 0.05) is 61.0 Å². The molecule has 10 aromatic heterocycles. The molecule has 43 heteroatoms. The molecule has 10 heterocycles. The van der Waals surface area contributed by atoms with Crippen LogP contribution in [0.4, 0.5) is 65.9 Å². The van der Waals surface area contributed by atoms with Crippen LogP contribution in [0.25, 0.3) is 79.6 Å². The first kappa shape index (κ1) is 75.9. The molecule has 10 rings (SSSR count). The van der Waals surface area contributed by atoms with Crippen molar-refractivity contribution in [1.29, 1.82) is 0 Å². The van der Waals surface area contributed by atoms with Crippen molar-refractivity contribution >= 4 is 92.8 Å². The fourth-order valence-corrected chi connectivity index (χ4v) is 10.3. The molecule has 89 heavy (non-hydrogen) atoms. The molecule has 20 nitrogen and oxygen atoms in total. The summed E-state index contributed by atoms with van der Waals surface area (Å²) in [5.74, 6) is -12.0. The third kappa shape index (κ3) is 14.6. The average molecular weight is 1430 g/mol. The molecule has 0 aliphatic heterocycles. The number of hydrogen-bond acceptors (Lipinski definition) is 17. The van der Waals surface area contributed by atoms with Gasteiger partial charge in [-0.1, -0.05) is 37.4 Å². The van der Waals surface area contributed by atoms with Gasteiger partial charge in [0.25, 0.3) is 0 Å². The normalized spacial score (nSPS) is 12.2. The van der Waals surface area contributed by atoms with E-state index in [2.05, 4.69) is 77.0 Å². The van der Waals surface area contributed by atoms with Crippen LogP contribution in [0, 0.1) is 6.33 Å². The molecule has 0 bridgehead atoms. The van der Waals surface area contributed by atoms with Crippen molar-refractivity contribution in [2.24, 2.45) is 42.3 Å². The second-order valence-corrected chi connectivity index (χ2v) is 21.8. The molecule has 0 amide bonds. The minimum absolute atomic E-state index is 0. The molecule has 0 radical (unpaired) electrons. The molecular weight excluding hydrogens is 1390 g/mol. The molecule has 0 aliphatic carbocycles. The van der Waals surface area contributed by atoms with Crippen LogP contribution in [0.15, 0.2) is 51.7 Å². The number of alkyl halides is 15. The van der Waals surface area contributed by atoms with Crippen molar-refractivity contribution in [2.45, 2.75) is 72.1 Å². The minimum atomic E-state index is -5.81. The summed E-state index contributed by atoms with van der Waals surface area (Å²) in [6.45, 7) is 5.82. The van der Waals surface area contributed by atoms with Gasteiger partial charge in [-0.05, 0) is 60.3 Å². The topological polar surface area (TPSA) is 210 Å². The van der Waals surface area contributed by atoms with Gasteiger partial charge in [-0.2, -0.15) is 77.6 Å². The third-order valence-corrected chi connectivity index (χ3v) is 15.3. The predicted octanol–water partition coefficient (Wildman–Crippen LogP) is 5.93. The van der Waals surface area contributed by atoms with Crippen molar-refractivity contribution in [3.05, 3.63) is 65.2 Å². The first-order valence-corrected chi connectivity index (χ1v) is 27.3. The zero-order valence-corrected chi connectivity index (χ0v) is 55.0. The quantitative estimate of drug-likeness (QED) is 0.0567. The van der Waals surface area contributed by atoms with Crippen molar-refractivity contribution in [1.82, 2.24) is 98.1 Å². The zero-order valence-electron chi connectivity index (χ0n) is 47.3. The van der Waals surface area contributed by atoms with E-state index in [9.17, 15) is 65.9 Å². The summed E-state index contributed by atoms with van der Waals surface area (Å²) in [6, 6.07) is 4.97. The molecule has 0 aromatic carbocycles. The van der Waals surface area contributed by atoms with Crippen LogP contribution in [0.1, 0.15) is 37.9 Å². The van der Waals surface area contributed by atoms with Crippen LogP contribution >= 0.6 is 59.3 Å². The number of thioether (sulfide) groups is 3. The Morgan fingerprint density at radius 1 is 0.472 bits per heavy atom. The first-order valence-electron chi connectivity index (χ1n) is 24.0. The van der Waals surface area contributed by atoms with Crippen LogP contribution < -0.4 is 31.3 Å². The Morgan fingerprint density at radius 2 is 0.854 bits per heavy atom. The number of imidazole rings is 6. The molecule has 0 aliphatic rings. The van der Waals surface area contributed by atoms with E-state index in [4.69, 9.17) is 11.6 Å². The maximum absolute atomic E-state index is 13.8. The molecule has 0 saturated heterocycles. The summed E-state index contributed by atoms with van der Waals surface area (Å²) in [5.41, 5.74) is -3.04. The molecule has 10 aromatic rings. The number of hydrogen-bond donors (Lipinski definition) is 0. The summed E-state index contributed by atoms with van der Waals surface area (Å²) in [6.07, 6.45) is -13.0. The second-order valence-electron chi connectivity index (χ2n) is 17.6. The van der Waals surface area contributed by atoms with Gasteiger partial charge < -0.3 is 44.8 Å². The maximum Gasteiger partial charge on any atom is 1.00 e. The van der Waals surface area contributed by atoms with Gasteiger partial charge in [0.1, 0.15) is 60.8 Å². The van der Waals surface area contributed by atoms with Gasteiger partial charge in [0.2, 0.25) is 0 Å². The van der Waals surface area contributed by atoms with Crippen LogP contribution in [-0.2, 0) is 79.5 Å². The maximum atomic E-state index is 13.8. The van der Waals surface area contributed by atoms with Crippen molar-refractivity contribution in [2.75, 3.05) is 17.3 Å². The average Bonchev–Trinajstić information content (AvgIpc) is 2.04. The molecule has 0 fully saturated rings. The zero-order chi connectivity index (χ0) is 62.7. The van der Waals surface area contributed by atoms with Gasteiger partial charge in [-0.25, -0.2) is 24.9 Å². The van der Waals surface area contributed by atoms with E-state index < -0.39 is 53.4 Å². The van der Waals surface area contributed by atoms with E-state index in [0.29, 0.717) is 63.4 Å². The van der Waals surface area contributed by atoms with E-state index in [0.717, 1.165) is 21.6 Å². The van der Waals surface area contributed by atoms with Crippen molar-refractivity contribution in [3.8, 4) is 46.1 Å². The monoisotopic (exact) mass is 1430 g/mol. The van der Waals surface area contributed by atoms with E-state index in [-0.39, 0.29) is 113 Å². The molecule has 0 N–H and O–H groups in total. The van der Waals surface area contributed by atoms with Crippen molar-refractivity contribution in [3.63, 3.8) is 0 Å². The standard InChI is InChI=1S/C18H14ClF5N8S.C14H13F5N6S.C14H12F5N6S.2ClH.Li.Zn/c1-4-33-16-12(26-13(32(16)3)8-5-6-11(19)29-27-8)15-25-9-7-10(17(20,21)18(22,23)24)28-30-14(9)31(15)2;2*1-4-26-12-9(20-6-24(12)2)11-21-7-5-8(13(15,16)14(17,18)19)22-23-10(7)25(11)3;;;;/h5-7H,4H2,1-3H3;5-6H,4H2,1-3H3;5H,4H2,1-3H3;2*1H;;/q;;-1;;;+1;/p-1. The Balaban J connectivity index is 0.000000282. The van der Waals surface area contributed by atoms with Crippen LogP contribution in [0.2, 0.25) is 5.15 Å². The number of rotatable bonds is 13. The Hall–Kier alpha value is -5.55. The smallest absolute Gasteiger partial charge is 1.00 e. The van der Waals surface area contributed by atoms with Gasteiger partial charge in [-0.15, -0.1) is 76.7 Å². The van der Waals surface area contributed by atoms with Gasteiger partial charge in [0.15, 0.2) is 39.6 Å². The van der Waals surface area contributed by atoms with Crippen LogP contribution in [0.3, 0.4) is 0 Å². The Bertz CT molecular complexity index is 3940. The fourth-order valence-electron chi connectivity index (χ4n) is 7.79. The van der Waals surface area contributed by atoms with Crippen LogP contribution in [-0.4, -0.2) is 134 Å². The number of nitrogens with zero attached hydrogens (tertiary/aromatic N) is 20. The van der Waals surface area contributed by atoms with E-state index in [1.165, 1.54) is 56.0 Å². The fraction of sp³-hybridized carbons (Fsp3) is 0.391. The predicted molar refractivity (Wildman–Crippen MR) is 287 cm³/mol. The Labute approximate surface area is 547 Å². The summed E-state index contributed by atoms with van der Waals surface area (Å²) < 4.78 is 205. The third-order valence-electron chi connectivity index (χ3n) is 12.0. The molecule has 0 spiro atoms. The molecule has 0 unspecified atom stereocenters. The number of fused-ring (bicyclic) bond motifs is 3. The molecule has 0 atom stereocenters. The summed E-state index contributed by atoms with van der Waals surface area (Å²) in [4.78, 5) is 25.6. The SMILES string of the molecule is CCSc1c(-c2nc3cc(C(F)(F)C(F)(F)F)nnc3n2C)n[c-]n1C.CCSc1c(-c2nc3cc(C(F)(F)C(F)(F)F)nnc3n2C)nc(-c2ccc(Cl)nn2)n1C.CCSc1c(-c2nc3cc(C(F)(F)C(F)(F)F)nnc3n2C)ncn1C.Cl.[Cl-].[Li+].[Zn]. The van der Waals surface area contributed by atoms with E-state index in [1.54, 1.807) is 67.4 Å². The van der Waals surface area contributed by atoms with Gasteiger partial charge in [0.05, 0.1) is 12.2 Å². The summed E-state index contributed by atoms with van der Waals surface area (Å²) >= 11 is 10.2. The number of aryl methyl sites for hydroxylation is 5. The molecule has 0 saturated carbocycles. The second kappa shape index (κ2) is 28.5. The Kier molecular flexibility index (Phi) is 24.3. The summed E-state index contributed by atoms with van der Waals surface area (Å²) in [7, 11) is 9.94. The van der Waals surface area contributed by atoms with E-state index in [1.807, 2.05) is 20.8 Å². The van der Waals surface area contributed by atoms with Gasteiger partial charge in [-0.3, -0.25) is 0 Å². The minimum Gasteiger partial charge on any atom is -1.00 e. The van der Waals surface area contributed by atoms with Crippen LogP contribution in [0.5, 0.6) is 0 Å².